The minimum atomic E-state index is -0.159. The fraction of sp³-hybridized carbons (Fsp3) is 0.250. The van der Waals surface area contributed by atoms with Gasteiger partial charge in [0.05, 0.1) is 5.69 Å². The van der Waals surface area contributed by atoms with Gasteiger partial charge in [-0.3, -0.25) is 9.78 Å². The van der Waals surface area contributed by atoms with Crippen LogP contribution in [0.1, 0.15) is 21.6 Å². The Kier molecular flexibility index (Phi) is 4.55. The maximum atomic E-state index is 12.3. The first kappa shape index (κ1) is 15.0. The summed E-state index contributed by atoms with van der Waals surface area (Å²) in [5.41, 5.74) is 9.71. The van der Waals surface area contributed by atoms with Crippen molar-refractivity contribution in [1.29, 1.82) is 0 Å². The molecular formula is C16H20N4O. The summed E-state index contributed by atoms with van der Waals surface area (Å²) in [5.74, 6) is -0.159. The van der Waals surface area contributed by atoms with E-state index in [1.165, 1.54) is 0 Å². The molecule has 5 heteroatoms. The quantitative estimate of drug-likeness (QED) is 0.902. The van der Waals surface area contributed by atoms with E-state index >= 15 is 0 Å². The highest BCUT2D eigenvalue weighted by Crippen LogP contribution is 2.21. The molecule has 21 heavy (non-hydrogen) atoms. The van der Waals surface area contributed by atoms with Gasteiger partial charge >= 0.3 is 0 Å². The number of carbonyl (C=O) groups is 1. The molecule has 3 N–H and O–H groups in total. The summed E-state index contributed by atoms with van der Waals surface area (Å²) in [7, 11) is 3.97. The molecule has 0 saturated heterocycles. The first-order valence-corrected chi connectivity index (χ1v) is 6.75. The van der Waals surface area contributed by atoms with Crippen molar-refractivity contribution < 1.29 is 4.79 Å². The summed E-state index contributed by atoms with van der Waals surface area (Å²) >= 11 is 0. The number of nitrogens with two attached hydrogens (primary N) is 1. The lowest BCUT2D eigenvalue weighted by atomic mass is 10.1. The molecular weight excluding hydrogens is 264 g/mol. The van der Waals surface area contributed by atoms with E-state index in [2.05, 4.69) is 10.3 Å². The van der Waals surface area contributed by atoms with Crippen molar-refractivity contribution >= 4 is 17.3 Å². The van der Waals surface area contributed by atoms with Crippen molar-refractivity contribution in [1.82, 2.24) is 4.98 Å². The Labute approximate surface area is 124 Å². The molecule has 0 saturated carbocycles. The average Bonchev–Trinajstić information content (AvgIpc) is 2.49. The van der Waals surface area contributed by atoms with Crippen LogP contribution in [-0.4, -0.2) is 25.0 Å². The van der Waals surface area contributed by atoms with Crippen LogP contribution in [0.5, 0.6) is 0 Å². The molecule has 0 spiro atoms. The first-order valence-electron chi connectivity index (χ1n) is 6.75. The summed E-state index contributed by atoms with van der Waals surface area (Å²) in [4.78, 5) is 18.4. The van der Waals surface area contributed by atoms with Gasteiger partial charge in [-0.25, -0.2) is 0 Å². The van der Waals surface area contributed by atoms with Crippen LogP contribution < -0.4 is 16.0 Å². The zero-order valence-corrected chi connectivity index (χ0v) is 12.6. The molecule has 2 rings (SSSR count). The highest BCUT2D eigenvalue weighted by molar-refractivity contribution is 6.04. The topological polar surface area (TPSA) is 71.2 Å². The molecule has 0 radical (unpaired) electrons. The van der Waals surface area contributed by atoms with E-state index in [1.807, 2.05) is 44.1 Å². The Hall–Kier alpha value is -2.40. The molecule has 0 atom stereocenters. The monoisotopic (exact) mass is 284 g/mol. The zero-order valence-electron chi connectivity index (χ0n) is 12.6. The van der Waals surface area contributed by atoms with Gasteiger partial charge in [-0.2, -0.15) is 0 Å². The van der Waals surface area contributed by atoms with E-state index in [0.717, 1.165) is 16.9 Å². The van der Waals surface area contributed by atoms with Crippen molar-refractivity contribution in [2.75, 3.05) is 24.3 Å². The van der Waals surface area contributed by atoms with Gasteiger partial charge in [0.15, 0.2) is 0 Å². The van der Waals surface area contributed by atoms with Crippen molar-refractivity contribution in [3.05, 3.63) is 53.3 Å². The Bertz CT molecular complexity index is 652. The summed E-state index contributed by atoms with van der Waals surface area (Å²) in [6, 6.07) is 9.30. The van der Waals surface area contributed by atoms with Crippen LogP contribution in [0.4, 0.5) is 11.4 Å². The third-order valence-corrected chi connectivity index (χ3v) is 3.26. The highest BCUT2D eigenvalue weighted by atomic mass is 16.1. The number of amides is 1. The number of carbonyl (C=O) groups excluding carboxylic acids is 1. The number of aryl methyl sites for hydroxylation is 1. The lowest BCUT2D eigenvalue weighted by Crippen LogP contribution is -2.14. The first-order chi connectivity index (χ1) is 10.0. The smallest absolute Gasteiger partial charge is 0.255 e. The Morgan fingerprint density at radius 1 is 1.29 bits per heavy atom. The van der Waals surface area contributed by atoms with Crippen LogP contribution in [0.15, 0.2) is 36.5 Å². The second-order valence-electron chi connectivity index (χ2n) is 5.09. The van der Waals surface area contributed by atoms with Crippen LogP contribution >= 0.6 is 0 Å². The Morgan fingerprint density at radius 2 is 2.05 bits per heavy atom. The van der Waals surface area contributed by atoms with Crippen molar-refractivity contribution in [2.24, 2.45) is 5.73 Å². The molecule has 1 heterocycles. The maximum absolute atomic E-state index is 12.3. The van der Waals surface area contributed by atoms with Gasteiger partial charge in [0.2, 0.25) is 0 Å². The van der Waals surface area contributed by atoms with Crippen LogP contribution in [0.2, 0.25) is 0 Å². The van der Waals surface area contributed by atoms with Crippen LogP contribution in [0.3, 0.4) is 0 Å². The third kappa shape index (κ3) is 3.58. The van der Waals surface area contributed by atoms with E-state index in [4.69, 9.17) is 5.73 Å². The van der Waals surface area contributed by atoms with Crippen molar-refractivity contribution in [3.8, 4) is 0 Å². The fourth-order valence-corrected chi connectivity index (χ4v) is 1.99. The minimum Gasteiger partial charge on any atom is -0.378 e. The average molecular weight is 284 g/mol. The number of nitrogens with zero attached hydrogens (tertiary/aromatic N) is 2. The van der Waals surface area contributed by atoms with Gasteiger partial charge in [-0.1, -0.05) is 0 Å². The molecule has 110 valence electrons. The Morgan fingerprint density at radius 3 is 2.67 bits per heavy atom. The molecule has 1 aromatic heterocycles. The molecule has 0 unspecified atom stereocenters. The van der Waals surface area contributed by atoms with Gasteiger partial charge < -0.3 is 16.0 Å². The van der Waals surface area contributed by atoms with E-state index < -0.39 is 0 Å². The fourth-order valence-electron chi connectivity index (χ4n) is 1.99. The molecule has 0 fully saturated rings. The number of anilines is 2. The van der Waals surface area contributed by atoms with Gasteiger partial charge in [-0.15, -0.1) is 0 Å². The molecule has 1 aromatic carbocycles. The summed E-state index contributed by atoms with van der Waals surface area (Å²) < 4.78 is 0. The number of rotatable bonds is 4. The third-order valence-electron chi connectivity index (χ3n) is 3.26. The van der Waals surface area contributed by atoms with Crippen LogP contribution in [0, 0.1) is 6.92 Å². The number of pyridine rings is 1. The largest absolute Gasteiger partial charge is 0.378 e. The molecule has 0 aliphatic carbocycles. The number of aromatic nitrogens is 1. The predicted molar refractivity (Wildman–Crippen MR) is 85.6 cm³/mol. The normalized spacial score (nSPS) is 10.3. The van der Waals surface area contributed by atoms with Gasteiger partial charge in [-0.05, 0) is 42.8 Å². The molecule has 0 aliphatic heterocycles. The predicted octanol–water partition coefficient (Wildman–Crippen LogP) is 2.17. The van der Waals surface area contributed by atoms with E-state index in [9.17, 15) is 4.79 Å². The molecule has 2 aromatic rings. The van der Waals surface area contributed by atoms with Crippen LogP contribution in [-0.2, 0) is 6.54 Å². The summed E-state index contributed by atoms with van der Waals surface area (Å²) in [6.45, 7) is 2.29. The van der Waals surface area contributed by atoms with Gasteiger partial charge in [0.25, 0.3) is 5.91 Å². The number of benzene rings is 1. The standard InChI is InChI=1S/C16H20N4O/c1-11-8-14(20(2)3)4-5-15(11)19-16(21)12-6-7-18-13(9-12)10-17/h4-9H,10,17H2,1-3H3,(H,19,21). The lowest BCUT2D eigenvalue weighted by molar-refractivity contribution is 0.102. The number of hydrogen-bond donors (Lipinski definition) is 2. The summed E-state index contributed by atoms with van der Waals surface area (Å²) in [6.07, 6.45) is 1.60. The van der Waals surface area contributed by atoms with Crippen LogP contribution in [0.25, 0.3) is 0 Å². The second-order valence-corrected chi connectivity index (χ2v) is 5.09. The van der Waals surface area contributed by atoms with E-state index in [1.54, 1.807) is 18.3 Å². The van der Waals surface area contributed by atoms with Gasteiger partial charge in [0.1, 0.15) is 0 Å². The SMILES string of the molecule is Cc1cc(N(C)C)ccc1NC(=O)c1ccnc(CN)c1. The zero-order chi connectivity index (χ0) is 15.4. The van der Waals surface area contributed by atoms with Gasteiger partial charge in [0, 0.05) is 43.8 Å². The van der Waals surface area contributed by atoms with Crippen molar-refractivity contribution in [2.45, 2.75) is 13.5 Å². The van der Waals surface area contributed by atoms with E-state index in [0.29, 0.717) is 17.8 Å². The van der Waals surface area contributed by atoms with Crippen molar-refractivity contribution in [3.63, 3.8) is 0 Å². The molecule has 1 amide bonds. The maximum Gasteiger partial charge on any atom is 0.255 e. The molecule has 5 nitrogen and oxygen atoms in total. The highest BCUT2D eigenvalue weighted by Gasteiger charge is 2.09. The summed E-state index contributed by atoms with van der Waals surface area (Å²) in [5, 5.41) is 2.92. The minimum absolute atomic E-state index is 0.159. The lowest BCUT2D eigenvalue weighted by Gasteiger charge is -2.15. The van der Waals surface area contributed by atoms with E-state index in [-0.39, 0.29) is 5.91 Å². The number of nitrogens with one attached hydrogen (secondary N) is 1. The molecule has 0 bridgehead atoms. The molecule has 0 aliphatic rings. The second kappa shape index (κ2) is 6.37. The number of hydrogen-bond acceptors (Lipinski definition) is 4. The Balaban J connectivity index is 2.19.